The smallest absolute Gasteiger partial charge is 0.283 e. The number of aromatic hydroxyl groups is 1. The molecule has 0 saturated carbocycles. The van der Waals surface area contributed by atoms with Crippen molar-refractivity contribution in [2.45, 2.75) is 9.79 Å². The third kappa shape index (κ3) is 2.76. The lowest BCUT2D eigenvalue weighted by Gasteiger charge is -2.02. The summed E-state index contributed by atoms with van der Waals surface area (Å²) in [5, 5.41) is 20.1. The Morgan fingerprint density at radius 1 is 1.12 bits per heavy atom. The highest BCUT2D eigenvalue weighted by Crippen LogP contribution is 2.35. The Bertz CT molecular complexity index is 557. The molecule has 0 aliphatic carbocycles. The number of nitro groups is 1. The van der Waals surface area contributed by atoms with Crippen molar-refractivity contribution in [2.75, 3.05) is 0 Å². The van der Waals surface area contributed by atoms with Crippen LogP contribution >= 0.6 is 11.8 Å². The number of nitro benzene ring substituents is 1. The van der Waals surface area contributed by atoms with Crippen LogP contribution in [0.25, 0.3) is 0 Å². The highest BCUT2D eigenvalue weighted by atomic mass is 32.2. The van der Waals surface area contributed by atoms with Crippen molar-refractivity contribution in [3.63, 3.8) is 0 Å². The molecular formula is C12H9NO3S. The Hall–Kier alpha value is -2.01. The lowest BCUT2D eigenvalue weighted by atomic mass is 10.3. The lowest BCUT2D eigenvalue weighted by molar-refractivity contribution is -0.387. The van der Waals surface area contributed by atoms with Crippen molar-refractivity contribution in [3.05, 3.63) is 58.6 Å². The maximum Gasteiger partial charge on any atom is 0.283 e. The topological polar surface area (TPSA) is 63.4 Å². The van der Waals surface area contributed by atoms with E-state index < -0.39 is 4.92 Å². The molecule has 0 bridgehead atoms. The van der Waals surface area contributed by atoms with Crippen LogP contribution in [0.5, 0.6) is 5.75 Å². The second-order valence-electron chi connectivity index (χ2n) is 3.32. The zero-order chi connectivity index (χ0) is 12.3. The molecule has 0 spiro atoms. The van der Waals surface area contributed by atoms with Crippen LogP contribution < -0.4 is 0 Å². The summed E-state index contributed by atoms with van der Waals surface area (Å²) in [6.45, 7) is 0. The first-order chi connectivity index (χ1) is 8.16. The van der Waals surface area contributed by atoms with Gasteiger partial charge in [-0.05, 0) is 24.3 Å². The van der Waals surface area contributed by atoms with Gasteiger partial charge in [0, 0.05) is 11.0 Å². The molecule has 0 aliphatic heterocycles. The average Bonchev–Trinajstić information content (AvgIpc) is 2.29. The van der Waals surface area contributed by atoms with Gasteiger partial charge in [-0.2, -0.15) is 0 Å². The second kappa shape index (κ2) is 4.88. The van der Waals surface area contributed by atoms with Crippen LogP contribution in [0.4, 0.5) is 5.69 Å². The van der Waals surface area contributed by atoms with Crippen molar-refractivity contribution in [1.29, 1.82) is 0 Å². The number of phenolic OH excluding ortho intramolecular Hbond substituents is 1. The molecule has 2 aromatic rings. The van der Waals surface area contributed by atoms with Gasteiger partial charge in [0.2, 0.25) is 0 Å². The predicted octanol–water partition coefficient (Wildman–Crippen LogP) is 3.45. The van der Waals surface area contributed by atoms with Gasteiger partial charge in [-0.3, -0.25) is 10.1 Å². The highest BCUT2D eigenvalue weighted by molar-refractivity contribution is 7.99. The van der Waals surface area contributed by atoms with E-state index in [1.807, 2.05) is 0 Å². The summed E-state index contributed by atoms with van der Waals surface area (Å²) in [5.74, 6) is 0.147. The van der Waals surface area contributed by atoms with Gasteiger partial charge in [0.25, 0.3) is 5.69 Å². The largest absolute Gasteiger partial charge is 0.508 e. The number of nitrogens with zero attached hydrogens (tertiary/aromatic N) is 1. The van der Waals surface area contributed by atoms with Gasteiger partial charge in [-0.15, -0.1) is 0 Å². The van der Waals surface area contributed by atoms with Gasteiger partial charge in [0.05, 0.1) is 9.82 Å². The first kappa shape index (κ1) is 11.5. The van der Waals surface area contributed by atoms with Crippen LogP contribution in [-0.4, -0.2) is 10.0 Å². The Morgan fingerprint density at radius 3 is 2.59 bits per heavy atom. The van der Waals surface area contributed by atoms with E-state index in [4.69, 9.17) is 0 Å². The van der Waals surface area contributed by atoms with Crippen LogP contribution in [0.1, 0.15) is 0 Å². The minimum atomic E-state index is -0.412. The van der Waals surface area contributed by atoms with Gasteiger partial charge in [-0.1, -0.05) is 30.0 Å². The number of hydrogen-bond acceptors (Lipinski definition) is 4. The van der Waals surface area contributed by atoms with Gasteiger partial charge in [-0.25, -0.2) is 0 Å². The van der Waals surface area contributed by atoms with Crippen molar-refractivity contribution in [1.82, 2.24) is 0 Å². The van der Waals surface area contributed by atoms with E-state index in [9.17, 15) is 15.2 Å². The normalized spacial score (nSPS) is 10.1. The fourth-order valence-electron chi connectivity index (χ4n) is 1.37. The Balaban J connectivity index is 2.33. The predicted molar refractivity (Wildman–Crippen MR) is 65.3 cm³/mol. The summed E-state index contributed by atoms with van der Waals surface area (Å²) in [5.41, 5.74) is 0.0702. The molecule has 0 amide bonds. The van der Waals surface area contributed by atoms with Crippen LogP contribution in [0.3, 0.4) is 0 Å². The third-order valence-electron chi connectivity index (χ3n) is 2.11. The zero-order valence-corrected chi connectivity index (χ0v) is 9.55. The third-order valence-corrected chi connectivity index (χ3v) is 3.16. The SMILES string of the molecule is O=[N+]([O-])c1ccccc1Sc1cccc(O)c1. The molecule has 4 nitrogen and oxygen atoms in total. The molecule has 0 saturated heterocycles. The van der Waals surface area contributed by atoms with Gasteiger partial charge < -0.3 is 5.11 Å². The fraction of sp³-hybridized carbons (Fsp3) is 0. The molecule has 0 fully saturated rings. The Labute approximate surface area is 102 Å². The van der Waals surface area contributed by atoms with E-state index in [1.54, 1.807) is 42.5 Å². The molecule has 17 heavy (non-hydrogen) atoms. The summed E-state index contributed by atoms with van der Waals surface area (Å²) >= 11 is 1.26. The number of rotatable bonds is 3. The van der Waals surface area contributed by atoms with E-state index in [-0.39, 0.29) is 11.4 Å². The summed E-state index contributed by atoms with van der Waals surface area (Å²) in [6, 6.07) is 13.2. The maximum absolute atomic E-state index is 10.8. The van der Waals surface area contributed by atoms with Crippen molar-refractivity contribution < 1.29 is 10.0 Å². The Kier molecular flexibility index (Phi) is 3.30. The minimum absolute atomic E-state index is 0.0702. The van der Waals surface area contributed by atoms with Crippen LogP contribution in [0.15, 0.2) is 58.3 Å². The van der Waals surface area contributed by atoms with E-state index in [0.717, 1.165) is 4.90 Å². The number of benzene rings is 2. The molecule has 0 unspecified atom stereocenters. The number of phenols is 1. The van der Waals surface area contributed by atoms with Crippen LogP contribution in [-0.2, 0) is 0 Å². The molecular weight excluding hydrogens is 238 g/mol. The number of para-hydroxylation sites is 1. The van der Waals surface area contributed by atoms with Gasteiger partial charge >= 0.3 is 0 Å². The first-order valence-electron chi connectivity index (χ1n) is 4.87. The molecule has 0 aliphatic rings. The fourth-order valence-corrected chi connectivity index (χ4v) is 2.34. The van der Waals surface area contributed by atoms with Crippen molar-refractivity contribution in [3.8, 4) is 5.75 Å². The van der Waals surface area contributed by atoms with E-state index in [0.29, 0.717) is 4.90 Å². The molecule has 0 radical (unpaired) electrons. The average molecular weight is 247 g/mol. The van der Waals surface area contributed by atoms with Gasteiger partial charge in [0.15, 0.2) is 0 Å². The standard InChI is InChI=1S/C12H9NO3S/c14-9-4-3-5-10(8-9)17-12-7-2-1-6-11(12)13(15)16/h1-8,14H. The summed E-state index contributed by atoms with van der Waals surface area (Å²) in [6.07, 6.45) is 0. The molecule has 2 aromatic carbocycles. The van der Waals surface area contributed by atoms with Crippen LogP contribution in [0.2, 0.25) is 0 Å². The molecule has 0 aromatic heterocycles. The molecule has 86 valence electrons. The quantitative estimate of drug-likeness (QED) is 0.666. The lowest BCUT2D eigenvalue weighted by Crippen LogP contribution is -1.89. The Morgan fingerprint density at radius 2 is 1.88 bits per heavy atom. The maximum atomic E-state index is 10.8. The first-order valence-corrected chi connectivity index (χ1v) is 5.69. The summed E-state index contributed by atoms with van der Waals surface area (Å²) < 4.78 is 0. The van der Waals surface area contributed by atoms with E-state index in [2.05, 4.69) is 0 Å². The van der Waals surface area contributed by atoms with Gasteiger partial charge in [0.1, 0.15) is 5.75 Å². The molecule has 1 N–H and O–H groups in total. The zero-order valence-electron chi connectivity index (χ0n) is 8.74. The van der Waals surface area contributed by atoms with Crippen molar-refractivity contribution >= 4 is 17.4 Å². The molecule has 0 heterocycles. The summed E-state index contributed by atoms with van der Waals surface area (Å²) in [7, 11) is 0. The minimum Gasteiger partial charge on any atom is -0.508 e. The summed E-state index contributed by atoms with van der Waals surface area (Å²) in [4.78, 5) is 11.7. The highest BCUT2D eigenvalue weighted by Gasteiger charge is 2.13. The molecule has 5 heteroatoms. The monoisotopic (exact) mass is 247 g/mol. The number of hydrogen-bond donors (Lipinski definition) is 1. The van der Waals surface area contributed by atoms with Crippen LogP contribution in [0, 0.1) is 10.1 Å². The molecule has 0 atom stereocenters. The van der Waals surface area contributed by atoms with E-state index in [1.165, 1.54) is 17.8 Å². The van der Waals surface area contributed by atoms with E-state index >= 15 is 0 Å². The molecule has 2 rings (SSSR count). The second-order valence-corrected chi connectivity index (χ2v) is 4.44. The van der Waals surface area contributed by atoms with Crippen molar-refractivity contribution in [2.24, 2.45) is 0 Å².